The van der Waals surface area contributed by atoms with Crippen LogP contribution in [-0.4, -0.2) is 43.0 Å². The Morgan fingerprint density at radius 1 is 0.933 bits per heavy atom. The second-order valence-corrected chi connectivity index (χ2v) is 8.23. The van der Waals surface area contributed by atoms with Gasteiger partial charge in [-0.1, -0.05) is 55.3 Å². The molecule has 0 spiro atoms. The first-order valence-corrected chi connectivity index (χ1v) is 11.0. The maximum Gasteiger partial charge on any atom is 0.230 e. The Bertz CT molecular complexity index is 856. The van der Waals surface area contributed by atoms with Crippen molar-refractivity contribution in [2.45, 2.75) is 38.6 Å². The molecule has 5 nitrogen and oxygen atoms in total. The molecule has 1 heterocycles. The predicted octanol–water partition coefficient (Wildman–Crippen LogP) is 3.81. The molecule has 0 unspecified atom stereocenters. The van der Waals surface area contributed by atoms with E-state index in [0.29, 0.717) is 39.3 Å². The first-order valence-electron chi connectivity index (χ1n) is 11.0. The number of carbonyl (C=O) groups excluding carboxylic acids is 2. The molecule has 158 valence electrons. The molecule has 1 aliphatic carbocycles. The van der Waals surface area contributed by atoms with Crippen molar-refractivity contribution in [3.8, 4) is 0 Å². The van der Waals surface area contributed by atoms with Crippen LogP contribution in [0.4, 0.5) is 5.69 Å². The summed E-state index contributed by atoms with van der Waals surface area (Å²) in [6.45, 7) is 3.06. The second kappa shape index (κ2) is 9.90. The van der Waals surface area contributed by atoms with Gasteiger partial charge in [-0.15, -0.1) is 0 Å². The van der Waals surface area contributed by atoms with Crippen molar-refractivity contribution in [2.24, 2.45) is 5.92 Å². The average molecular weight is 407 g/mol. The molecule has 0 atom stereocenters. The van der Waals surface area contributed by atoms with Gasteiger partial charge in [-0.3, -0.25) is 9.59 Å². The van der Waals surface area contributed by atoms with Gasteiger partial charge in [-0.2, -0.15) is 0 Å². The Morgan fingerprint density at radius 2 is 1.63 bits per heavy atom. The van der Waals surface area contributed by atoms with Crippen molar-refractivity contribution >= 4 is 17.5 Å². The van der Waals surface area contributed by atoms with E-state index in [1.807, 2.05) is 52.3 Å². The van der Waals surface area contributed by atoms with Gasteiger partial charge in [0.15, 0.2) is 0 Å². The SMILES string of the molecule is O=C(Cc1cccc(N(Cc2ccccc2)C(=O)C2CCCC2)c1)N1CCOCC1. The number of benzene rings is 2. The fourth-order valence-electron chi connectivity index (χ4n) is 4.39. The van der Waals surface area contributed by atoms with Gasteiger partial charge in [0.1, 0.15) is 0 Å². The number of anilines is 1. The van der Waals surface area contributed by atoms with Crippen LogP contribution < -0.4 is 4.90 Å². The molecule has 2 aromatic carbocycles. The van der Waals surface area contributed by atoms with Crippen LogP contribution in [0.1, 0.15) is 36.8 Å². The van der Waals surface area contributed by atoms with Crippen molar-refractivity contribution in [3.63, 3.8) is 0 Å². The number of ether oxygens (including phenoxy) is 1. The van der Waals surface area contributed by atoms with E-state index in [2.05, 4.69) is 12.1 Å². The summed E-state index contributed by atoms with van der Waals surface area (Å²) in [6, 6.07) is 18.0. The summed E-state index contributed by atoms with van der Waals surface area (Å²) in [5.41, 5.74) is 2.93. The summed E-state index contributed by atoms with van der Waals surface area (Å²) in [4.78, 5) is 29.8. The summed E-state index contributed by atoms with van der Waals surface area (Å²) >= 11 is 0. The lowest BCUT2D eigenvalue weighted by atomic mass is 10.0. The maximum absolute atomic E-state index is 13.4. The maximum atomic E-state index is 13.4. The number of rotatable bonds is 6. The molecule has 0 bridgehead atoms. The molecule has 5 heteroatoms. The Hall–Kier alpha value is -2.66. The molecular weight excluding hydrogens is 376 g/mol. The molecule has 2 amide bonds. The summed E-state index contributed by atoms with van der Waals surface area (Å²) < 4.78 is 5.34. The van der Waals surface area contributed by atoms with E-state index in [0.717, 1.165) is 42.5 Å². The van der Waals surface area contributed by atoms with Crippen LogP contribution in [0.25, 0.3) is 0 Å². The summed E-state index contributed by atoms with van der Waals surface area (Å²) in [5, 5.41) is 0. The van der Waals surface area contributed by atoms with Crippen molar-refractivity contribution in [3.05, 3.63) is 65.7 Å². The van der Waals surface area contributed by atoms with Gasteiger partial charge in [0.2, 0.25) is 11.8 Å². The lowest BCUT2D eigenvalue weighted by Crippen LogP contribution is -2.41. The Kier molecular flexibility index (Phi) is 6.80. The van der Waals surface area contributed by atoms with Crippen LogP contribution in [-0.2, 0) is 27.3 Å². The largest absolute Gasteiger partial charge is 0.378 e. The highest BCUT2D eigenvalue weighted by molar-refractivity contribution is 5.95. The van der Waals surface area contributed by atoms with Crippen LogP contribution in [0.5, 0.6) is 0 Å². The zero-order chi connectivity index (χ0) is 20.8. The van der Waals surface area contributed by atoms with Gasteiger partial charge in [0, 0.05) is 24.7 Å². The Morgan fingerprint density at radius 3 is 2.37 bits per heavy atom. The van der Waals surface area contributed by atoms with Gasteiger partial charge in [-0.05, 0) is 36.1 Å². The zero-order valence-corrected chi connectivity index (χ0v) is 17.5. The highest BCUT2D eigenvalue weighted by Crippen LogP contribution is 2.30. The summed E-state index contributed by atoms with van der Waals surface area (Å²) in [6.07, 6.45) is 4.55. The number of nitrogens with zero attached hydrogens (tertiary/aromatic N) is 2. The number of amides is 2. The minimum absolute atomic E-state index is 0.104. The third kappa shape index (κ3) is 5.08. The molecule has 2 fully saturated rings. The average Bonchev–Trinajstić information content (AvgIpc) is 3.33. The van der Waals surface area contributed by atoms with E-state index in [1.54, 1.807) is 0 Å². The fourth-order valence-corrected chi connectivity index (χ4v) is 4.39. The van der Waals surface area contributed by atoms with E-state index in [-0.39, 0.29) is 17.7 Å². The van der Waals surface area contributed by atoms with Crippen molar-refractivity contribution in [2.75, 3.05) is 31.2 Å². The smallest absolute Gasteiger partial charge is 0.230 e. The topological polar surface area (TPSA) is 49.9 Å². The van der Waals surface area contributed by atoms with E-state index in [1.165, 1.54) is 0 Å². The molecule has 1 saturated heterocycles. The molecule has 30 heavy (non-hydrogen) atoms. The Balaban J connectivity index is 1.54. The van der Waals surface area contributed by atoms with Gasteiger partial charge in [-0.25, -0.2) is 0 Å². The molecule has 2 aliphatic rings. The number of carbonyl (C=O) groups is 2. The molecule has 1 saturated carbocycles. The molecule has 0 radical (unpaired) electrons. The quantitative estimate of drug-likeness (QED) is 0.733. The first kappa shape index (κ1) is 20.6. The summed E-state index contributed by atoms with van der Waals surface area (Å²) in [7, 11) is 0. The van der Waals surface area contributed by atoms with E-state index >= 15 is 0 Å². The van der Waals surface area contributed by atoms with Gasteiger partial charge in [0.05, 0.1) is 26.2 Å². The van der Waals surface area contributed by atoms with Gasteiger partial charge in [0.25, 0.3) is 0 Å². The first-order chi connectivity index (χ1) is 14.7. The lowest BCUT2D eigenvalue weighted by Gasteiger charge is -2.28. The minimum Gasteiger partial charge on any atom is -0.378 e. The number of hydrogen-bond acceptors (Lipinski definition) is 3. The highest BCUT2D eigenvalue weighted by atomic mass is 16.5. The molecule has 2 aromatic rings. The van der Waals surface area contributed by atoms with Crippen molar-refractivity contribution < 1.29 is 14.3 Å². The number of morpholine rings is 1. The third-order valence-electron chi connectivity index (χ3n) is 6.10. The van der Waals surface area contributed by atoms with Crippen LogP contribution in [0, 0.1) is 5.92 Å². The molecule has 0 N–H and O–H groups in total. The van der Waals surface area contributed by atoms with Crippen LogP contribution >= 0.6 is 0 Å². The molecule has 4 rings (SSSR count). The zero-order valence-electron chi connectivity index (χ0n) is 17.5. The van der Waals surface area contributed by atoms with Crippen LogP contribution in [0.3, 0.4) is 0 Å². The molecule has 1 aliphatic heterocycles. The lowest BCUT2D eigenvalue weighted by molar-refractivity contribution is -0.134. The van der Waals surface area contributed by atoms with Crippen molar-refractivity contribution in [1.82, 2.24) is 4.90 Å². The van der Waals surface area contributed by atoms with E-state index < -0.39 is 0 Å². The van der Waals surface area contributed by atoms with Gasteiger partial charge < -0.3 is 14.5 Å². The van der Waals surface area contributed by atoms with Gasteiger partial charge >= 0.3 is 0 Å². The third-order valence-corrected chi connectivity index (χ3v) is 6.10. The molecule has 0 aromatic heterocycles. The van der Waals surface area contributed by atoms with Crippen molar-refractivity contribution in [1.29, 1.82) is 0 Å². The van der Waals surface area contributed by atoms with Crippen LogP contribution in [0.2, 0.25) is 0 Å². The molecular formula is C25H30N2O3. The normalized spacial score (nSPS) is 17.1. The van der Waals surface area contributed by atoms with E-state index in [9.17, 15) is 9.59 Å². The summed E-state index contributed by atoms with van der Waals surface area (Å²) in [5.74, 6) is 0.424. The minimum atomic E-state index is 0.104. The monoisotopic (exact) mass is 406 g/mol. The second-order valence-electron chi connectivity index (χ2n) is 8.23. The highest BCUT2D eigenvalue weighted by Gasteiger charge is 2.28. The van der Waals surface area contributed by atoms with Crippen LogP contribution in [0.15, 0.2) is 54.6 Å². The number of hydrogen-bond donors (Lipinski definition) is 0. The standard InChI is InChI=1S/C25H30N2O3/c28-24(26-13-15-30-16-14-26)18-21-9-6-12-23(17-21)27(19-20-7-2-1-3-8-20)25(29)22-10-4-5-11-22/h1-3,6-9,12,17,22H,4-5,10-11,13-16,18-19H2. The Labute approximate surface area is 178 Å². The van der Waals surface area contributed by atoms with E-state index in [4.69, 9.17) is 4.74 Å². The predicted molar refractivity (Wildman–Crippen MR) is 117 cm³/mol. The fraction of sp³-hybridized carbons (Fsp3) is 0.440.